The number of rotatable bonds is 1. The summed E-state index contributed by atoms with van der Waals surface area (Å²) in [6.07, 6.45) is 1.16. The SMILES string of the molecule is C[C@@H]1C[C@H](C)c2ccc3c(c2[C@H]1c1ccc2c(c1)OCO2)OCO3. The van der Waals surface area contributed by atoms with Gasteiger partial charge in [-0.25, -0.2) is 0 Å². The van der Waals surface area contributed by atoms with Gasteiger partial charge in [0.2, 0.25) is 13.6 Å². The highest BCUT2D eigenvalue weighted by atomic mass is 16.7. The van der Waals surface area contributed by atoms with Crippen molar-refractivity contribution < 1.29 is 18.9 Å². The molecule has 2 aromatic carbocycles. The molecule has 3 aliphatic rings. The van der Waals surface area contributed by atoms with Crippen LogP contribution >= 0.6 is 0 Å². The van der Waals surface area contributed by atoms with Gasteiger partial charge in [-0.2, -0.15) is 0 Å². The molecule has 0 saturated carbocycles. The molecule has 0 amide bonds. The van der Waals surface area contributed by atoms with Crippen molar-refractivity contribution in [2.45, 2.75) is 32.1 Å². The maximum absolute atomic E-state index is 5.86. The summed E-state index contributed by atoms with van der Waals surface area (Å²) in [6, 6.07) is 10.6. The zero-order chi connectivity index (χ0) is 16.3. The number of hydrogen-bond donors (Lipinski definition) is 0. The van der Waals surface area contributed by atoms with Gasteiger partial charge in [-0.15, -0.1) is 0 Å². The van der Waals surface area contributed by atoms with Crippen LogP contribution in [-0.2, 0) is 0 Å². The van der Waals surface area contributed by atoms with Crippen molar-refractivity contribution in [1.82, 2.24) is 0 Å². The van der Waals surface area contributed by atoms with Crippen LogP contribution in [0.4, 0.5) is 0 Å². The molecule has 4 nitrogen and oxygen atoms in total. The molecule has 5 rings (SSSR count). The lowest BCUT2D eigenvalue weighted by Crippen LogP contribution is -2.22. The van der Waals surface area contributed by atoms with Crippen LogP contribution in [0, 0.1) is 5.92 Å². The molecule has 4 heteroatoms. The van der Waals surface area contributed by atoms with Crippen molar-refractivity contribution in [2.24, 2.45) is 5.92 Å². The van der Waals surface area contributed by atoms with E-state index in [4.69, 9.17) is 18.9 Å². The largest absolute Gasteiger partial charge is 0.454 e. The van der Waals surface area contributed by atoms with E-state index in [0.717, 1.165) is 29.4 Å². The first kappa shape index (κ1) is 14.0. The molecule has 0 N–H and O–H groups in total. The van der Waals surface area contributed by atoms with E-state index >= 15 is 0 Å². The summed E-state index contributed by atoms with van der Waals surface area (Å²) in [5.41, 5.74) is 3.92. The molecular formula is C20H20O4. The van der Waals surface area contributed by atoms with Gasteiger partial charge in [0.15, 0.2) is 23.0 Å². The first-order valence-corrected chi connectivity index (χ1v) is 8.54. The Kier molecular flexibility index (Phi) is 2.96. The Hall–Kier alpha value is -2.36. The molecule has 0 unspecified atom stereocenters. The molecule has 1 aliphatic carbocycles. The topological polar surface area (TPSA) is 36.9 Å². The highest BCUT2D eigenvalue weighted by Crippen LogP contribution is 2.53. The van der Waals surface area contributed by atoms with Crippen molar-refractivity contribution in [3.63, 3.8) is 0 Å². The van der Waals surface area contributed by atoms with Crippen molar-refractivity contribution in [1.29, 1.82) is 0 Å². The number of benzene rings is 2. The van der Waals surface area contributed by atoms with Gasteiger partial charge in [-0.3, -0.25) is 0 Å². The smallest absolute Gasteiger partial charge is 0.231 e. The number of hydrogen-bond acceptors (Lipinski definition) is 4. The van der Waals surface area contributed by atoms with Crippen molar-refractivity contribution >= 4 is 0 Å². The maximum Gasteiger partial charge on any atom is 0.231 e. The second kappa shape index (κ2) is 5.07. The summed E-state index contributed by atoms with van der Waals surface area (Å²) in [5.74, 6) is 4.77. The lowest BCUT2D eigenvalue weighted by atomic mass is 9.68. The Bertz CT molecular complexity index is 814. The Morgan fingerprint density at radius 2 is 1.58 bits per heavy atom. The van der Waals surface area contributed by atoms with Crippen LogP contribution in [0.1, 0.15) is 48.8 Å². The van der Waals surface area contributed by atoms with E-state index in [1.165, 1.54) is 16.7 Å². The summed E-state index contributed by atoms with van der Waals surface area (Å²) >= 11 is 0. The third kappa shape index (κ3) is 1.92. The molecular weight excluding hydrogens is 304 g/mol. The lowest BCUT2D eigenvalue weighted by Gasteiger charge is -2.36. The van der Waals surface area contributed by atoms with Crippen LogP contribution in [-0.4, -0.2) is 13.6 Å². The van der Waals surface area contributed by atoms with Crippen LogP contribution < -0.4 is 18.9 Å². The van der Waals surface area contributed by atoms with E-state index < -0.39 is 0 Å². The van der Waals surface area contributed by atoms with E-state index in [9.17, 15) is 0 Å². The van der Waals surface area contributed by atoms with Crippen molar-refractivity contribution in [3.8, 4) is 23.0 Å². The fourth-order valence-electron chi connectivity index (χ4n) is 4.47. The van der Waals surface area contributed by atoms with E-state index in [1.54, 1.807) is 0 Å². The average molecular weight is 324 g/mol. The minimum absolute atomic E-state index is 0.280. The molecule has 24 heavy (non-hydrogen) atoms. The Balaban J connectivity index is 1.69. The van der Waals surface area contributed by atoms with Gasteiger partial charge in [0.25, 0.3) is 0 Å². The standard InChI is InChI=1S/C20H20O4/c1-11-7-12(2)18(13-3-5-15-17(8-13)23-9-21-15)19-14(11)4-6-16-20(19)24-10-22-16/h3-6,8,11-12,18H,7,9-10H2,1-2H3/t11-,12+,18+/m0/s1. The molecule has 0 radical (unpaired) electrons. The van der Waals surface area contributed by atoms with Crippen molar-refractivity contribution in [3.05, 3.63) is 47.0 Å². The highest BCUT2D eigenvalue weighted by molar-refractivity contribution is 5.59. The third-order valence-electron chi connectivity index (χ3n) is 5.50. The normalized spacial score (nSPS) is 26.3. The Morgan fingerprint density at radius 1 is 0.833 bits per heavy atom. The molecule has 0 spiro atoms. The fourth-order valence-corrected chi connectivity index (χ4v) is 4.47. The Labute approximate surface area is 141 Å². The zero-order valence-electron chi connectivity index (χ0n) is 13.9. The van der Waals surface area contributed by atoms with Gasteiger partial charge in [-0.05, 0) is 47.6 Å². The molecule has 2 aliphatic heterocycles. The third-order valence-corrected chi connectivity index (χ3v) is 5.50. The molecule has 0 fully saturated rings. The van der Waals surface area contributed by atoms with Crippen LogP contribution in [0.25, 0.3) is 0 Å². The lowest BCUT2D eigenvalue weighted by molar-refractivity contribution is 0.172. The van der Waals surface area contributed by atoms with Gasteiger partial charge < -0.3 is 18.9 Å². The zero-order valence-corrected chi connectivity index (χ0v) is 13.9. The van der Waals surface area contributed by atoms with E-state index in [1.807, 2.05) is 12.1 Å². The maximum atomic E-state index is 5.86. The quantitative estimate of drug-likeness (QED) is 0.778. The van der Waals surface area contributed by atoms with Crippen LogP contribution in [0.2, 0.25) is 0 Å². The van der Waals surface area contributed by atoms with Gasteiger partial charge in [0.05, 0.1) is 0 Å². The number of fused-ring (bicyclic) bond motifs is 4. The molecule has 0 saturated heterocycles. The molecule has 0 aromatic heterocycles. The highest BCUT2D eigenvalue weighted by Gasteiger charge is 2.37. The van der Waals surface area contributed by atoms with Crippen LogP contribution in [0.3, 0.4) is 0 Å². The minimum atomic E-state index is 0.280. The molecule has 2 aromatic rings. The van der Waals surface area contributed by atoms with Gasteiger partial charge in [-0.1, -0.05) is 26.0 Å². The minimum Gasteiger partial charge on any atom is -0.454 e. The van der Waals surface area contributed by atoms with Crippen LogP contribution in [0.5, 0.6) is 23.0 Å². The Morgan fingerprint density at radius 3 is 2.50 bits per heavy atom. The predicted octanol–water partition coefficient (Wildman–Crippen LogP) is 4.42. The summed E-state index contributed by atoms with van der Waals surface area (Å²) in [4.78, 5) is 0. The van der Waals surface area contributed by atoms with Gasteiger partial charge in [0.1, 0.15) is 0 Å². The van der Waals surface area contributed by atoms with Gasteiger partial charge in [0, 0.05) is 11.5 Å². The predicted molar refractivity (Wildman–Crippen MR) is 89.2 cm³/mol. The first-order valence-electron chi connectivity index (χ1n) is 8.54. The fraction of sp³-hybridized carbons (Fsp3) is 0.400. The number of ether oxygens (including phenoxy) is 4. The average Bonchev–Trinajstić information content (AvgIpc) is 3.23. The van der Waals surface area contributed by atoms with E-state index in [-0.39, 0.29) is 5.92 Å². The molecule has 3 atom stereocenters. The molecule has 124 valence electrons. The summed E-state index contributed by atoms with van der Waals surface area (Å²) in [6.45, 7) is 5.23. The monoisotopic (exact) mass is 324 g/mol. The van der Waals surface area contributed by atoms with Crippen molar-refractivity contribution in [2.75, 3.05) is 13.6 Å². The molecule has 0 bridgehead atoms. The summed E-state index contributed by atoms with van der Waals surface area (Å²) < 4.78 is 22.5. The van der Waals surface area contributed by atoms with Crippen LogP contribution in [0.15, 0.2) is 30.3 Å². The second-order valence-corrected chi connectivity index (χ2v) is 7.01. The summed E-state index contributed by atoms with van der Waals surface area (Å²) in [7, 11) is 0. The van der Waals surface area contributed by atoms with E-state index in [0.29, 0.717) is 25.4 Å². The molecule has 2 heterocycles. The first-order chi connectivity index (χ1) is 11.7. The van der Waals surface area contributed by atoms with E-state index in [2.05, 4.69) is 32.0 Å². The van der Waals surface area contributed by atoms with Gasteiger partial charge >= 0.3 is 0 Å². The summed E-state index contributed by atoms with van der Waals surface area (Å²) in [5, 5.41) is 0. The second-order valence-electron chi connectivity index (χ2n) is 7.01.